The number of hydrogen-bond donors (Lipinski definition) is 2. The molecule has 0 radical (unpaired) electrons. The third-order valence-corrected chi connectivity index (χ3v) is 4.31. The number of anilines is 1. The lowest BCUT2D eigenvalue weighted by Gasteiger charge is -2.30. The second-order valence-corrected chi connectivity index (χ2v) is 6.14. The van der Waals surface area contributed by atoms with E-state index in [1.807, 2.05) is 18.2 Å². The highest BCUT2D eigenvalue weighted by Gasteiger charge is 2.22. The van der Waals surface area contributed by atoms with E-state index in [0.717, 1.165) is 10.2 Å². The van der Waals surface area contributed by atoms with Gasteiger partial charge in [0, 0.05) is 22.7 Å². The van der Waals surface area contributed by atoms with Gasteiger partial charge in [0.2, 0.25) is 0 Å². The van der Waals surface area contributed by atoms with Crippen molar-refractivity contribution in [1.29, 1.82) is 5.26 Å². The van der Waals surface area contributed by atoms with Crippen LogP contribution >= 0.6 is 15.9 Å². The average Bonchev–Trinajstić information content (AvgIpc) is 2.45. The molecule has 0 heterocycles. The quantitative estimate of drug-likeness (QED) is 0.889. The number of nitriles is 1. The normalized spacial score (nSPS) is 17.7. The van der Waals surface area contributed by atoms with Crippen LogP contribution in [0.5, 0.6) is 0 Å². The maximum atomic E-state index is 9.00. The standard InChI is InChI=1S/C15H20BrN3/c16-13-6-11(9-17)7-14(8-13)19-15(10-18)12-4-2-1-3-5-12/h6-8,12,15,19H,1-5,10,18H2. The molecule has 0 bridgehead atoms. The Kier molecular flexibility index (Phi) is 5.24. The molecule has 1 atom stereocenters. The third-order valence-electron chi connectivity index (χ3n) is 3.85. The predicted octanol–water partition coefficient (Wildman–Crippen LogP) is 3.64. The van der Waals surface area contributed by atoms with Crippen molar-refractivity contribution in [1.82, 2.24) is 0 Å². The first-order chi connectivity index (χ1) is 9.22. The number of nitrogens with one attached hydrogen (secondary N) is 1. The molecule has 1 aliphatic rings. The van der Waals surface area contributed by atoms with E-state index in [2.05, 4.69) is 27.3 Å². The van der Waals surface area contributed by atoms with E-state index < -0.39 is 0 Å². The van der Waals surface area contributed by atoms with Gasteiger partial charge in [0.05, 0.1) is 11.6 Å². The highest BCUT2D eigenvalue weighted by Crippen LogP contribution is 2.28. The summed E-state index contributed by atoms with van der Waals surface area (Å²) in [5.41, 5.74) is 7.56. The Bertz CT molecular complexity index is 461. The van der Waals surface area contributed by atoms with E-state index in [1.54, 1.807) is 0 Å². The van der Waals surface area contributed by atoms with Crippen molar-refractivity contribution in [2.24, 2.45) is 11.7 Å². The van der Waals surface area contributed by atoms with Gasteiger partial charge in [0.1, 0.15) is 0 Å². The van der Waals surface area contributed by atoms with E-state index in [0.29, 0.717) is 24.1 Å². The first-order valence-corrected chi connectivity index (χ1v) is 7.69. The molecule has 1 aromatic carbocycles. The average molecular weight is 322 g/mol. The lowest BCUT2D eigenvalue weighted by Crippen LogP contribution is -2.37. The fourth-order valence-corrected chi connectivity index (χ4v) is 3.35. The van der Waals surface area contributed by atoms with Gasteiger partial charge in [-0.05, 0) is 37.0 Å². The van der Waals surface area contributed by atoms with E-state index in [4.69, 9.17) is 11.0 Å². The summed E-state index contributed by atoms with van der Waals surface area (Å²) in [5, 5.41) is 12.5. The van der Waals surface area contributed by atoms with Gasteiger partial charge in [0.15, 0.2) is 0 Å². The maximum absolute atomic E-state index is 9.00. The topological polar surface area (TPSA) is 61.8 Å². The Hall–Kier alpha value is -1.05. The van der Waals surface area contributed by atoms with Gasteiger partial charge >= 0.3 is 0 Å². The molecule has 0 amide bonds. The summed E-state index contributed by atoms with van der Waals surface area (Å²) < 4.78 is 0.925. The van der Waals surface area contributed by atoms with Crippen LogP contribution < -0.4 is 11.1 Å². The van der Waals surface area contributed by atoms with Crippen molar-refractivity contribution < 1.29 is 0 Å². The smallest absolute Gasteiger partial charge is 0.0992 e. The Morgan fingerprint density at radius 3 is 2.68 bits per heavy atom. The molecule has 1 aromatic rings. The fourth-order valence-electron chi connectivity index (χ4n) is 2.86. The minimum Gasteiger partial charge on any atom is -0.381 e. The molecule has 3 N–H and O–H groups in total. The minimum absolute atomic E-state index is 0.307. The van der Waals surface area contributed by atoms with Crippen LogP contribution in [0.2, 0.25) is 0 Å². The van der Waals surface area contributed by atoms with Crippen LogP contribution in [0.15, 0.2) is 22.7 Å². The molecule has 1 fully saturated rings. The van der Waals surface area contributed by atoms with Crippen LogP contribution in [0.1, 0.15) is 37.7 Å². The summed E-state index contributed by atoms with van der Waals surface area (Å²) >= 11 is 3.44. The molecule has 1 aliphatic carbocycles. The van der Waals surface area contributed by atoms with Crippen molar-refractivity contribution in [3.05, 3.63) is 28.2 Å². The summed E-state index contributed by atoms with van der Waals surface area (Å²) in [5.74, 6) is 0.656. The molecular formula is C15H20BrN3. The molecular weight excluding hydrogens is 302 g/mol. The molecule has 0 saturated heterocycles. The van der Waals surface area contributed by atoms with Crippen molar-refractivity contribution in [2.45, 2.75) is 38.1 Å². The first-order valence-electron chi connectivity index (χ1n) is 6.90. The van der Waals surface area contributed by atoms with Gasteiger partial charge in [-0.25, -0.2) is 0 Å². The monoisotopic (exact) mass is 321 g/mol. The molecule has 4 heteroatoms. The predicted molar refractivity (Wildman–Crippen MR) is 81.9 cm³/mol. The van der Waals surface area contributed by atoms with Crippen LogP contribution in [-0.2, 0) is 0 Å². The Balaban J connectivity index is 2.09. The summed E-state index contributed by atoms with van der Waals surface area (Å²) in [6, 6.07) is 8.20. The zero-order valence-corrected chi connectivity index (χ0v) is 12.6. The van der Waals surface area contributed by atoms with E-state index in [-0.39, 0.29) is 0 Å². The molecule has 0 aromatic heterocycles. The lowest BCUT2D eigenvalue weighted by molar-refractivity contribution is 0.320. The summed E-state index contributed by atoms with van der Waals surface area (Å²) in [6.07, 6.45) is 6.49. The highest BCUT2D eigenvalue weighted by atomic mass is 79.9. The number of rotatable bonds is 4. The highest BCUT2D eigenvalue weighted by molar-refractivity contribution is 9.10. The summed E-state index contributed by atoms with van der Waals surface area (Å²) in [7, 11) is 0. The van der Waals surface area contributed by atoms with Crippen LogP contribution in [0.3, 0.4) is 0 Å². The second kappa shape index (κ2) is 6.93. The Morgan fingerprint density at radius 1 is 1.32 bits per heavy atom. The Morgan fingerprint density at radius 2 is 2.05 bits per heavy atom. The zero-order chi connectivity index (χ0) is 13.7. The molecule has 102 valence electrons. The minimum atomic E-state index is 0.307. The molecule has 2 rings (SSSR count). The fraction of sp³-hybridized carbons (Fsp3) is 0.533. The van der Waals surface area contributed by atoms with E-state index in [1.165, 1.54) is 32.1 Å². The van der Waals surface area contributed by atoms with Crippen LogP contribution in [0.4, 0.5) is 5.69 Å². The molecule has 3 nitrogen and oxygen atoms in total. The second-order valence-electron chi connectivity index (χ2n) is 5.23. The van der Waals surface area contributed by atoms with Gasteiger partial charge in [-0.1, -0.05) is 35.2 Å². The van der Waals surface area contributed by atoms with Gasteiger partial charge in [0.25, 0.3) is 0 Å². The van der Waals surface area contributed by atoms with E-state index >= 15 is 0 Å². The van der Waals surface area contributed by atoms with Crippen LogP contribution in [-0.4, -0.2) is 12.6 Å². The number of halogens is 1. The van der Waals surface area contributed by atoms with Gasteiger partial charge in [-0.3, -0.25) is 0 Å². The summed E-state index contributed by atoms with van der Waals surface area (Å²) in [4.78, 5) is 0. The van der Waals surface area contributed by atoms with E-state index in [9.17, 15) is 0 Å². The zero-order valence-electron chi connectivity index (χ0n) is 11.0. The summed E-state index contributed by atoms with van der Waals surface area (Å²) in [6.45, 7) is 0.638. The molecule has 0 spiro atoms. The maximum Gasteiger partial charge on any atom is 0.0992 e. The first kappa shape index (κ1) is 14.4. The van der Waals surface area contributed by atoms with Gasteiger partial charge < -0.3 is 11.1 Å². The number of hydrogen-bond acceptors (Lipinski definition) is 3. The van der Waals surface area contributed by atoms with Crippen molar-refractivity contribution >= 4 is 21.6 Å². The largest absolute Gasteiger partial charge is 0.381 e. The molecule has 19 heavy (non-hydrogen) atoms. The van der Waals surface area contributed by atoms with Crippen molar-refractivity contribution in [2.75, 3.05) is 11.9 Å². The lowest BCUT2D eigenvalue weighted by atomic mass is 9.84. The number of nitrogens with two attached hydrogens (primary N) is 1. The van der Waals surface area contributed by atoms with Crippen LogP contribution in [0, 0.1) is 17.2 Å². The van der Waals surface area contributed by atoms with Gasteiger partial charge in [-0.2, -0.15) is 5.26 Å². The van der Waals surface area contributed by atoms with Gasteiger partial charge in [-0.15, -0.1) is 0 Å². The molecule has 0 aliphatic heterocycles. The molecule has 1 unspecified atom stereocenters. The SMILES string of the molecule is N#Cc1cc(Br)cc(NC(CN)C2CCCCC2)c1. The Labute approximate surface area is 123 Å². The number of benzene rings is 1. The third kappa shape index (κ3) is 3.95. The van der Waals surface area contributed by atoms with Crippen molar-refractivity contribution in [3.63, 3.8) is 0 Å². The van der Waals surface area contributed by atoms with Crippen molar-refractivity contribution in [3.8, 4) is 6.07 Å². The number of nitrogens with zero attached hydrogens (tertiary/aromatic N) is 1. The van der Waals surface area contributed by atoms with Crippen LogP contribution in [0.25, 0.3) is 0 Å². The molecule has 1 saturated carbocycles.